The maximum absolute atomic E-state index is 10.4. The summed E-state index contributed by atoms with van der Waals surface area (Å²) >= 11 is 0. The fraction of sp³-hybridized carbons (Fsp3) is 0.500. The third-order valence-electron chi connectivity index (χ3n) is 5.56. The smallest absolute Gasteiger partial charge is 0.167 e. The van der Waals surface area contributed by atoms with E-state index in [4.69, 9.17) is 9.47 Å². The van der Waals surface area contributed by atoms with Crippen molar-refractivity contribution in [2.45, 2.75) is 63.6 Å². The molecule has 1 saturated heterocycles. The Labute approximate surface area is 185 Å². The number of imidazole rings is 1. The number of unbranched alkanes of at least 4 members (excludes halogenated alkanes) is 1. The van der Waals surface area contributed by atoms with Crippen molar-refractivity contribution in [3.05, 3.63) is 48.5 Å². The summed E-state index contributed by atoms with van der Waals surface area (Å²) in [6, 6.07) is 9.96. The summed E-state index contributed by atoms with van der Waals surface area (Å²) in [6.07, 6.45) is 1.21. The summed E-state index contributed by atoms with van der Waals surface area (Å²) in [4.78, 5) is 13.0. The highest BCUT2D eigenvalue weighted by atomic mass is 16.6. The first-order valence-corrected chi connectivity index (χ1v) is 10.8. The molecule has 32 heavy (non-hydrogen) atoms. The number of benzene rings is 1. The lowest BCUT2D eigenvalue weighted by atomic mass is 10.1. The number of aromatic nitrogens is 4. The van der Waals surface area contributed by atoms with Crippen molar-refractivity contribution in [3.8, 4) is 0 Å². The van der Waals surface area contributed by atoms with Gasteiger partial charge in [0.05, 0.1) is 19.5 Å². The third-order valence-corrected chi connectivity index (χ3v) is 5.56. The summed E-state index contributed by atoms with van der Waals surface area (Å²) in [5.41, 5.74) is 2.02. The molecule has 172 valence electrons. The molecule has 0 amide bonds. The maximum atomic E-state index is 10.4. The fourth-order valence-corrected chi connectivity index (χ4v) is 3.76. The molecule has 3 heterocycles. The second-order valence-electron chi connectivity index (χ2n) is 7.85. The lowest BCUT2D eigenvalue weighted by Gasteiger charge is -2.20. The Bertz CT molecular complexity index is 1000. The number of ether oxygens (including phenoxy) is 2. The number of nitrogens with zero attached hydrogens (tertiary/aromatic N) is 4. The van der Waals surface area contributed by atoms with Crippen LogP contribution in [0.1, 0.15) is 38.0 Å². The van der Waals surface area contributed by atoms with Crippen LogP contribution in [0.25, 0.3) is 11.2 Å². The molecular formula is C22H29N5O5. The minimum absolute atomic E-state index is 0.271. The van der Waals surface area contributed by atoms with Crippen LogP contribution in [-0.2, 0) is 16.1 Å². The van der Waals surface area contributed by atoms with E-state index < -0.39 is 31.1 Å². The molecule has 10 nitrogen and oxygen atoms in total. The molecule has 2 aromatic heterocycles. The summed E-state index contributed by atoms with van der Waals surface area (Å²) in [6.45, 7) is 2.19. The third kappa shape index (κ3) is 4.74. The van der Waals surface area contributed by atoms with Gasteiger partial charge < -0.3 is 30.1 Å². The number of rotatable bonds is 10. The average Bonchev–Trinajstić information content (AvgIpc) is 3.37. The van der Waals surface area contributed by atoms with Crippen LogP contribution in [0.3, 0.4) is 0 Å². The van der Waals surface area contributed by atoms with Crippen molar-refractivity contribution >= 4 is 17.0 Å². The summed E-state index contributed by atoms with van der Waals surface area (Å²) in [7, 11) is 0. The Balaban J connectivity index is 1.54. The first-order valence-electron chi connectivity index (χ1n) is 10.8. The van der Waals surface area contributed by atoms with E-state index in [1.54, 1.807) is 0 Å². The predicted molar refractivity (Wildman–Crippen MR) is 116 cm³/mol. The molecule has 4 rings (SSSR count). The zero-order valence-corrected chi connectivity index (χ0v) is 17.9. The molecule has 1 aliphatic heterocycles. The van der Waals surface area contributed by atoms with E-state index in [-0.39, 0.29) is 6.23 Å². The first-order chi connectivity index (χ1) is 15.6. The number of aliphatic hydroxyl groups excluding tert-OH is 3. The fourth-order valence-electron chi connectivity index (χ4n) is 3.76. The van der Waals surface area contributed by atoms with Gasteiger partial charge in [-0.25, -0.2) is 15.0 Å². The van der Waals surface area contributed by atoms with Gasteiger partial charge in [0.1, 0.15) is 30.9 Å². The van der Waals surface area contributed by atoms with Crippen LogP contribution in [-0.4, -0.2) is 66.0 Å². The van der Waals surface area contributed by atoms with Gasteiger partial charge in [-0.2, -0.15) is 0 Å². The number of hydrogen-bond acceptors (Lipinski definition) is 9. The van der Waals surface area contributed by atoms with Gasteiger partial charge in [0.25, 0.3) is 0 Å². The average molecular weight is 444 g/mol. The zero-order chi connectivity index (χ0) is 22.5. The zero-order valence-electron chi connectivity index (χ0n) is 17.9. The lowest BCUT2D eigenvalue weighted by molar-refractivity contribution is -0.0511. The van der Waals surface area contributed by atoms with Gasteiger partial charge in [0.15, 0.2) is 23.2 Å². The van der Waals surface area contributed by atoms with E-state index >= 15 is 0 Å². The molecule has 0 bridgehead atoms. The van der Waals surface area contributed by atoms with Crippen molar-refractivity contribution in [3.63, 3.8) is 0 Å². The number of anilines is 1. The van der Waals surface area contributed by atoms with Gasteiger partial charge in [-0.1, -0.05) is 43.7 Å². The van der Waals surface area contributed by atoms with Crippen LogP contribution < -0.4 is 5.32 Å². The standard InChI is InChI=1S/C22H29N5O5/c1-2-3-9-16(31-11-14-7-5-4-6-8-14)26-20-17-21(24-12-23-20)27(13-25-17)22-19(30)18(29)15(10-28)32-22/h4-8,12-13,15-16,18-19,22,28-30H,2-3,9-11H2,1H3,(H,23,24,26)/t15-,16?,18-,19-,22-/m1/s1. The van der Waals surface area contributed by atoms with E-state index in [2.05, 4.69) is 27.2 Å². The summed E-state index contributed by atoms with van der Waals surface area (Å²) < 4.78 is 13.3. The molecular weight excluding hydrogens is 414 g/mol. The Kier molecular flexibility index (Phi) is 7.28. The molecule has 1 fully saturated rings. The highest BCUT2D eigenvalue weighted by molar-refractivity contribution is 5.82. The number of nitrogens with one attached hydrogen (secondary N) is 1. The topological polar surface area (TPSA) is 135 Å². The van der Waals surface area contributed by atoms with E-state index in [1.807, 2.05) is 30.3 Å². The van der Waals surface area contributed by atoms with Crippen molar-refractivity contribution in [1.29, 1.82) is 0 Å². The van der Waals surface area contributed by atoms with Crippen LogP contribution in [0.5, 0.6) is 0 Å². The first kappa shape index (κ1) is 22.6. The second-order valence-corrected chi connectivity index (χ2v) is 7.85. The van der Waals surface area contributed by atoms with Gasteiger partial charge >= 0.3 is 0 Å². The van der Waals surface area contributed by atoms with Crippen LogP contribution >= 0.6 is 0 Å². The minimum atomic E-state index is -1.22. The van der Waals surface area contributed by atoms with Crippen LogP contribution in [0.2, 0.25) is 0 Å². The van der Waals surface area contributed by atoms with Crippen molar-refractivity contribution in [2.24, 2.45) is 0 Å². The highest BCUT2D eigenvalue weighted by Gasteiger charge is 2.44. The molecule has 4 N–H and O–H groups in total. The molecule has 0 aliphatic carbocycles. The quantitative estimate of drug-likeness (QED) is 0.344. The van der Waals surface area contributed by atoms with Gasteiger partial charge in [-0.15, -0.1) is 0 Å². The molecule has 5 atom stereocenters. The summed E-state index contributed by atoms with van der Waals surface area (Å²) in [5.74, 6) is 0.509. The molecule has 0 radical (unpaired) electrons. The van der Waals surface area contributed by atoms with Gasteiger partial charge in [-0.3, -0.25) is 4.57 Å². The van der Waals surface area contributed by atoms with Crippen molar-refractivity contribution < 1.29 is 24.8 Å². The maximum Gasteiger partial charge on any atom is 0.167 e. The number of fused-ring (bicyclic) bond motifs is 1. The lowest BCUT2D eigenvalue weighted by Crippen LogP contribution is -2.33. The van der Waals surface area contributed by atoms with Crippen LogP contribution in [0, 0.1) is 0 Å². The van der Waals surface area contributed by atoms with Crippen molar-refractivity contribution in [2.75, 3.05) is 11.9 Å². The predicted octanol–water partition coefficient (Wildman–Crippen LogP) is 1.58. The van der Waals surface area contributed by atoms with Gasteiger partial charge in [-0.05, 0) is 18.4 Å². The van der Waals surface area contributed by atoms with E-state index in [9.17, 15) is 15.3 Å². The molecule has 10 heteroatoms. The van der Waals surface area contributed by atoms with Gasteiger partial charge in [0.2, 0.25) is 0 Å². The second kappa shape index (κ2) is 10.3. The van der Waals surface area contributed by atoms with E-state index in [1.165, 1.54) is 17.2 Å². The van der Waals surface area contributed by atoms with Crippen LogP contribution in [0.4, 0.5) is 5.82 Å². The Hall–Kier alpha value is -2.63. The number of hydrogen-bond donors (Lipinski definition) is 4. The Morgan fingerprint density at radius 2 is 1.97 bits per heavy atom. The highest BCUT2D eigenvalue weighted by Crippen LogP contribution is 2.32. The summed E-state index contributed by atoms with van der Waals surface area (Å²) in [5, 5.41) is 33.1. The monoisotopic (exact) mass is 443 g/mol. The van der Waals surface area contributed by atoms with E-state index in [0.717, 1.165) is 24.8 Å². The Morgan fingerprint density at radius 3 is 2.69 bits per heavy atom. The number of aliphatic hydroxyl groups is 3. The molecule has 0 saturated carbocycles. The van der Waals surface area contributed by atoms with Crippen molar-refractivity contribution in [1.82, 2.24) is 19.5 Å². The molecule has 3 aromatic rings. The molecule has 0 spiro atoms. The van der Waals surface area contributed by atoms with Crippen LogP contribution in [0.15, 0.2) is 43.0 Å². The SMILES string of the molecule is CCCCC(Nc1ncnc2c1ncn2[C@@H]1O[C@H](CO)[C@@H](O)[C@H]1O)OCc1ccccc1. The van der Waals surface area contributed by atoms with E-state index in [0.29, 0.717) is 23.6 Å². The molecule has 1 aromatic carbocycles. The molecule has 1 aliphatic rings. The molecule has 1 unspecified atom stereocenters. The minimum Gasteiger partial charge on any atom is -0.394 e. The Morgan fingerprint density at radius 1 is 1.16 bits per heavy atom. The largest absolute Gasteiger partial charge is 0.394 e. The normalized spacial score (nSPS) is 24.1. The van der Waals surface area contributed by atoms with Gasteiger partial charge in [0, 0.05) is 0 Å².